The van der Waals surface area contributed by atoms with Crippen molar-refractivity contribution >= 4 is 5.96 Å². The number of methoxy groups -OCH3 is 2. The summed E-state index contributed by atoms with van der Waals surface area (Å²) in [6.45, 7) is 3.67. The maximum Gasteiger partial charge on any atom is 0.191 e. The highest BCUT2D eigenvalue weighted by atomic mass is 16.5. The first-order valence-corrected chi connectivity index (χ1v) is 10.2. The van der Waals surface area contributed by atoms with Gasteiger partial charge < -0.3 is 20.1 Å². The van der Waals surface area contributed by atoms with Gasteiger partial charge in [-0.2, -0.15) is 0 Å². The van der Waals surface area contributed by atoms with E-state index >= 15 is 0 Å². The molecule has 0 spiro atoms. The molecule has 1 aliphatic heterocycles. The van der Waals surface area contributed by atoms with Gasteiger partial charge in [0.15, 0.2) is 5.96 Å². The Morgan fingerprint density at radius 1 is 1.03 bits per heavy atom. The van der Waals surface area contributed by atoms with Crippen LogP contribution in [0.25, 0.3) is 0 Å². The first-order valence-electron chi connectivity index (χ1n) is 10.2. The van der Waals surface area contributed by atoms with Crippen LogP contribution in [-0.2, 0) is 6.54 Å². The van der Waals surface area contributed by atoms with Crippen molar-refractivity contribution in [3.05, 3.63) is 59.7 Å². The van der Waals surface area contributed by atoms with Gasteiger partial charge in [0.25, 0.3) is 0 Å². The lowest BCUT2D eigenvalue weighted by atomic mass is 10.0. The lowest BCUT2D eigenvalue weighted by Gasteiger charge is -2.30. The third-order valence-electron chi connectivity index (χ3n) is 5.36. The molecule has 0 saturated carbocycles. The number of ether oxygens (including phenoxy) is 2. The number of rotatable bonds is 8. The van der Waals surface area contributed by atoms with Crippen LogP contribution in [-0.4, -0.2) is 51.8 Å². The zero-order valence-electron chi connectivity index (χ0n) is 17.6. The van der Waals surface area contributed by atoms with Gasteiger partial charge in [-0.3, -0.25) is 9.89 Å². The molecule has 3 rings (SSSR count). The van der Waals surface area contributed by atoms with E-state index in [0.29, 0.717) is 6.54 Å². The standard InChI is InChI=1S/C23H32N4O2/c1-24-23(25-16-18-9-8-10-19(15-18)28-2)26-17-21(27-13-6-7-14-27)20-11-4-5-12-22(20)29-3/h4-5,8-12,15,21H,6-7,13-14,16-17H2,1-3H3,(H2,24,25,26). The van der Waals surface area contributed by atoms with E-state index < -0.39 is 0 Å². The molecule has 6 nitrogen and oxygen atoms in total. The number of hydrogen-bond donors (Lipinski definition) is 2. The van der Waals surface area contributed by atoms with Gasteiger partial charge >= 0.3 is 0 Å². The molecule has 1 aliphatic rings. The van der Waals surface area contributed by atoms with Crippen LogP contribution in [0.5, 0.6) is 11.5 Å². The number of guanidine groups is 1. The van der Waals surface area contributed by atoms with E-state index in [1.807, 2.05) is 30.3 Å². The summed E-state index contributed by atoms with van der Waals surface area (Å²) in [5.74, 6) is 2.58. The molecule has 2 aromatic carbocycles. The van der Waals surface area contributed by atoms with Crippen molar-refractivity contribution in [2.75, 3.05) is 40.9 Å². The summed E-state index contributed by atoms with van der Waals surface area (Å²) in [5.41, 5.74) is 2.36. The minimum atomic E-state index is 0.240. The monoisotopic (exact) mass is 396 g/mol. The van der Waals surface area contributed by atoms with Crippen LogP contribution in [0.3, 0.4) is 0 Å². The van der Waals surface area contributed by atoms with E-state index in [9.17, 15) is 0 Å². The Morgan fingerprint density at radius 3 is 2.55 bits per heavy atom. The molecule has 29 heavy (non-hydrogen) atoms. The second-order valence-electron chi connectivity index (χ2n) is 7.16. The number of para-hydroxylation sites is 1. The topological polar surface area (TPSA) is 58.1 Å². The minimum absolute atomic E-state index is 0.240. The summed E-state index contributed by atoms with van der Waals surface area (Å²) in [7, 11) is 5.22. The highest BCUT2D eigenvalue weighted by molar-refractivity contribution is 5.79. The van der Waals surface area contributed by atoms with E-state index in [1.165, 1.54) is 18.4 Å². The number of nitrogens with one attached hydrogen (secondary N) is 2. The van der Waals surface area contributed by atoms with Gasteiger partial charge in [0.05, 0.1) is 20.3 Å². The fourth-order valence-electron chi connectivity index (χ4n) is 3.81. The molecule has 2 N–H and O–H groups in total. The smallest absolute Gasteiger partial charge is 0.191 e. The number of nitrogens with zero attached hydrogens (tertiary/aromatic N) is 2. The van der Waals surface area contributed by atoms with Gasteiger partial charge in [-0.1, -0.05) is 30.3 Å². The van der Waals surface area contributed by atoms with Crippen molar-refractivity contribution in [2.45, 2.75) is 25.4 Å². The zero-order valence-corrected chi connectivity index (χ0v) is 17.6. The summed E-state index contributed by atoms with van der Waals surface area (Å²) in [6, 6.07) is 16.6. The molecular formula is C23H32N4O2. The molecule has 0 radical (unpaired) electrons. The van der Waals surface area contributed by atoms with Crippen LogP contribution in [0.1, 0.15) is 30.0 Å². The molecule has 2 aromatic rings. The highest BCUT2D eigenvalue weighted by Gasteiger charge is 2.26. The average molecular weight is 397 g/mol. The van der Waals surface area contributed by atoms with Crippen LogP contribution >= 0.6 is 0 Å². The van der Waals surface area contributed by atoms with Gasteiger partial charge in [-0.15, -0.1) is 0 Å². The molecule has 6 heteroatoms. The van der Waals surface area contributed by atoms with E-state index in [1.54, 1.807) is 21.3 Å². The van der Waals surface area contributed by atoms with E-state index in [-0.39, 0.29) is 6.04 Å². The normalized spacial score (nSPS) is 15.8. The van der Waals surface area contributed by atoms with Crippen molar-refractivity contribution in [1.82, 2.24) is 15.5 Å². The highest BCUT2D eigenvalue weighted by Crippen LogP contribution is 2.31. The summed E-state index contributed by atoms with van der Waals surface area (Å²) < 4.78 is 10.9. The largest absolute Gasteiger partial charge is 0.497 e. The summed E-state index contributed by atoms with van der Waals surface area (Å²) >= 11 is 0. The second-order valence-corrected chi connectivity index (χ2v) is 7.16. The minimum Gasteiger partial charge on any atom is -0.497 e. The van der Waals surface area contributed by atoms with Crippen molar-refractivity contribution < 1.29 is 9.47 Å². The zero-order chi connectivity index (χ0) is 20.5. The number of likely N-dealkylation sites (tertiary alicyclic amines) is 1. The Labute approximate surface area is 173 Å². The molecule has 0 amide bonds. The Balaban J connectivity index is 1.65. The van der Waals surface area contributed by atoms with E-state index in [2.05, 4.69) is 38.7 Å². The summed E-state index contributed by atoms with van der Waals surface area (Å²) in [6.07, 6.45) is 2.49. The summed E-state index contributed by atoms with van der Waals surface area (Å²) in [5, 5.41) is 6.90. The van der Waals surface area contributed by atoms with E-state index in [0.717, 1.165) is 42.7 Å². The van der Waals surface area contributed by atoms with Gasteiger partial charge in [0.1, 0.15) is 11.5 Å². The lowest BCUT2D eigenvalue weighted by Crippen LogP contribution is -2.42. The number of aliphatic imine (C=N–C) groups is 1. The average Bonchev–Trinajstić information content (AvgIpc) is 3.31. The Hall–Kier alpha value is -2.73. The van der Waals surface area contributed by atoms with Gasteiger partial charge in [-0.25, -0.2) is 0 Å². The molecule has 0 bridgehead atoms. The van der Waals surface area contributed by atoms with Crippen LogP contribution in [0.15, 0.2) is 53.5 Å². The second kappa shape index (κ2) is 10.7. The van der Waals surface area contributed by atoms with Crippen molar-refractivity contribution in [2.24, 2.45) is 4.99 Å². The SMILES string of the molecule is CN=C(NCc1cccc(OC)c1)NCC(c1ccccc1OC)N1CCCC1. The predicted octanol–water partition coefficient (Wildman–Crippen LogP) is 3.21. The quantitative estimate of drug-likeness (QED) is 0.530. The first-order chi connectivity index (χ1) is 14.2. The van der Waals surface area contributed by atoms with E-state index in [4.69, 9.17) is 9.47 Å². The van der Waals surface area contributed by atoms with Crippen molar-refractivity contribution in [3.63, 3.8) is 0 Å². The predicted molar refractivity (Wildman–Crippen MR) is 118 cm³/mol. The van der Waals surface area contributed by atoms with Crippen LogP contribution < -0.4 is 20.1 Å². The molecule has 0 aromatic heterocycles. The third-order valence-corrected chi connectivity index (χ3v) is 5.36. The third kappa shape index (κ3) is 5.64. The van der Waals surface area contributed by atoms with Gasteiger partial charge in [0, 0.05) is 25.7 Å². The molecule has 156 valence electrons. The van der Waals surface area contributed by atoms with Crippen LogP contribution in [0.4, 0.5) is 0 Å². The molecule has 1 unspecified atom stereocenters. The fourth-order valence-corrected chi connectivity index (χ4v) is 3.81. The lowest BCUT2D eigenvalue weighted by molar-refractivity contribution is 0.239. The van der Waals surface area contributed by atoms with Gasteiger partial charge in [-0.05, 0) is 49.7 Å². The Bertz CT molecular complexity index is 803. The van der Waals surface area contributed by atoms with Crippen molar-refractivity contribution in [1.29, 1.82) is 0 Å². The molecular weight excluding hydrogens is 364 g/mol. The van der Waals surface area contributed by atoms with Gasteiger partial charge in [0.2, 0.25) is 0 Å². The van der Waals surface area contributed by atoms with Crippen LogP contribution in [0, 0.1) is 0 Å². The molecule has 1 fully saturated rings. The Morgan fingerprint density at radius 2 is 1.83 bits per heavy atom. The molecule has 1 heterocycles. The summed E-state index contributed by atoms with van der Waals surface area (Å²) in [4.78, 5) is 6.92. The fraction of sp³-hybridized carbons (Fsp3) is 0.435. The number of benzene rings is 2. The van der Waals surface area contributed by atoms with Crippen LogP contribution in [0.2, 0.25) is 0 Å². The number of hydrogen-bond acceptors (Lipinski definition) is 4. The molecule has 0 aliphatic carbocycles. The molecule has 1 atom stereocenters. The van der Waals surface area contributed by atoms with Crippen molar-refractivity contribution in [3.8, 4) is 11.5 Å². The first kappa shape index (κ1) is 21.0. The molecule has 1 saturated heterocycles. The maximum atomic E-state index is 5.63. The maximum absolute atomic E-state index is 5.63. The Kier molecular flexibility index (Phi) is 7.76.